The summed E-state index contributed by atoms with van der Waals surface area (Å²) in [7, 11) is 0. The van der Waals surface area contributed by atoms with E-state index in [1.807, 2.05) is 0 Å². The molecule has 0 saturated heterocycles. The van der Waals surface area contributed by atoms with Crippen molar-refractivity contribution in [1.29, 1.82) is 0 Å². The number of anilines is 1. The molecule has 1 aromatic heterocycles. The predicted octanol–water partition coefficient (Wildman–Crippen LogP) is 1.71. The molecule has 5 nitrogen and oxygen atoms in total. The molecule has 0 bridgehead atoms. The number of nitrogens with zero attached hydrogens (tertiary/aromatic N) is 2. The van der Waals surface area contributed by atoms with Crippen LogP contribution in [0.3, 0.4) is 0 Å². The van der Waals surface area contributed by atoms with Gasteiger partial charge in [-0.2, -0.15) is 0 Å². The molecule has 0 fully saturated rings. The Labute approximate surface area is 105 Å². The van der Waals surface area contributed by atoms with Gasteiger partial charge in [-0.05, 0) is 12.1 Å². The Morgan fingerprint density at radius 2 is 1.95 bits per heavy atom. The van der Waals surface area contributed by atoms with Crippen LogP contribution in [-0.4, -0.2) is 15.9 Å². The lowest BCUT2D eigenvalue weighted by Gasteiger charge is -2.14. The third kappa shape index (κ3) is 2.84. The number of aromatic nitrogens is 2. The Balaban J connectivity index is 2.57. The maximum absolute atomic E-state index is 12.3. The van der Waals surface area contributed by atoms with E-state index in [9.17, 15) is 18.0 Å². The van der Waals surface area contributed by atoms with Crippen molar-refractivity contribution in [3.05, 3.63) is 47.0 Å². The summed E-state index contributed by atoms with van der Waals surface area (Å²) in [4.78, 5) is 15.3. The quantitative estimate of drug-likeness (QED) is 0.902. The molecule has 0 aliphatic heterocycles. The number of benzene rings is 1. The van der Waals surface area contributed by atoms with Crippen LogP contribution in [0.4, 0.5) is 19.0 Å². The van der Waals surface area contributed by atoms with E-state index >= 15 is 0 Å². The second-order valence-corrected chi connectivity index (χ2v) is 3.50. The standard InChI is InChI=1S/C11H8F3N3O2/c12-11(13,14)19-8-4-2-1-3-7(8)17-6-5-16-9(15)10(17)18/h1-6H,(H2,15,16). The minimum absolute atomic E-state index is 0.0704. The summed E-state index contributed by atoms with van der Waals surface area (Å²) in [6, 6.07) is 5.25. The van der Waals surface area contributed by atoms with Crippen LogP contribution < -0.4 is 16.0 Å². The number of nitrogen functional groups attached to an aromatic ring is 1. The zero-order valence-corrected chi connectivity index (χ0v) is 9.39. The number of halogens is 3. The SMILES string of the molecule is Nc1nccn(-c2ccccc2OC(F)(F)F)c1=O. The maximum atomic E-state index is 12.3. The molecule has 100 valence electrons. The highest BCUT2D eigenvalue weighted by atomic mass is 19.4. The minimum atomic E-state index is -4.85. The second-order valence-electron chi connectivity index (χ2n) is 3.50. The van der Waals surface area contributed by atoms with Gasteiger partial charge in [0.25, 0.3) is 5.56 Å². The van der Waals surface area contributed by atoms with Crippen molar-refractivity contribution in [1.82, 2.24) is 9.55 Å². The Hall–Kier alpha value is -2.51. The summed E-state index contributed by atoms with van der Waals surface area (Å²) in [6.07, 6.45) is -2.43. The van der Waals surface area contributed by atoms with Gasteiger partial charge in [0.05, 0.1) is 5.69 Å². The van der Waals surface area contributed by atoms with Gasteiger partial charge in [-0.15, -0.1) is 13.2 Å². The molecule has 0 amide bonds. The third-order valence-corrected chi connectivity index (χ3v) is 2.22. The fraction of sp³-hybridized carbons (Fsp3) is 0.0909. The average molecular weight is 271 g/mol. The summed E-state index contributed by atoms with van der Waals surface area (Å²) in [6.45, 7) is 0. The smallest absolute Gasteiger partial charge is 0.404 e. The van der Waals surface area contributed by atoms with Gasteiger partial charge in [0.15, 0.2) is 11.6 Å². The number of hydrogen-bond donors (Lipinski definition) is 1. The molecule has 2 rings (SSSR count). The molecule has 0 radical (unpaired) electrons. The van der Waals surface area contributed by atoms with Gasteiger partial charge in [0, 0.05) is 12.4 Å². The van der Waals surface area contributed by atoms with Gasteiger partial charge < -0.3 is 10.5 Å². The Morgan fingerprint density at radius 3 is 2.63 bits per heavy atom. The third-order valence-electron chi connectivity index (χ3n) is 2.22. The van der Waals surface area contributed by atoms with Crippen molar-refractivity contribution in [2.45, 2.75) is 6.36 Å². The van der Waals surface area contributed by atoms with Crippen molar-refractivity contribution >= 4 is 5.82 Å². The van der Waals surface area contributed by atoms with Crippen molar-refractivity contribution in [2.24, 2.45) is 0 Å². The van der Waals surface area contributed by atoms with Crippen molar-refractivity contribution < 1.29 is 17.9 Å². The first-order chi connectivity index (χ1) is 8.88. The van der Waals surface area contributed by atoms with Gasteiger partial charge in [-0.25, -0.2) is 4.98 Å². The Morgan fingerprint density at radius 1 is 1.26 bits per heavy atom. The molecule has 8 heteroatoms. The average Bonchev–Trinajstić information content (AvgIpc) is 2.32. The fourth-order valence-corrected chi connectivity index (χ4v) is 1.48. The van der Waals surface area contributed by atoms with Crippen LogP contribution in [-0.2, 0) is 0 Å². The predicted molar refractivity (Wildman–Crippen MR) is 60.9 cm³/mol. The molecule has 0 aliphatic rings. The zero-order valence-electron chi connectivity index (χ0n) is 9.39. The summed E-state index contributed by atoms with van der Waals surface area (Å²) in [5, 5.41) is 0. The molecule has 0 unspecified atom stereocenters. The maximum Gasteiger partial charge on any atom is 0.573 e. The van der Waals surface area contributed by atoms with Crippen LogP contribution >= 0.6 is 0 Å². The molecule has 1 aromatic carbocycles. The second kappa shape index (κ2) is 4.63. The molecule has 1 heterocycles. The molecule has 0 atom stereocenters. The highest BCUT2D eigenvalue weighted by Gasteiger charge is 2.32. The molecular formula is C11H8F3N3O2. The van der Waals surface area contributed by atoms with Crippen molar-refractivity contribution in [3.8, 4) is 11.4 Å². The van der Waals surface area contributed by atoms with E-state index in [-0.39, 0.29) is 11.5 Å². The van der Waals surface area contributed by atoms with Crippen LogP contribution in [0.5, 0.6) is 5.75 Å². The van der Waals surface area contributed by atoms with Crippen LogP contribution in [0.1, 0.15) is 0 Å². The largest absolute Gasteiger partial charge is 0.573 e. The number of nitrogens with two attached hydrogens (primary N) is 1. The Kier molecular flexibility index (Phi) is 3.16. The number of rotatable bonds is 2. The topological polar surface area (TPSA) is 70.1 Å². The summed E-state index contributed by atoms with van der Waals surface area (Å²) in [5.41, 5.74) is 4.54. The molecule has 19 heavy (non-hydrogen) atoms. The number of alkyl halides is 3. The normalized spacial score (nSPS) is 11.3. The first-order valence-electron chi connectivity index (χ1n) is 5.07. The van der Waals surface area contributed by atoms with Gasteiger partial charge in [0.1, 0.15) is 0 Å². The number of hydrogen-bond acceptors (Lipinski definition) is 4. The van der Waals surface area contributed by atoms with Crippen LogP contribution in [0, 0.1) is 0 Å². The van der Waals surface area contributed by atoms with E-state index in [2.05, 4.69) is 9.72 Å². The lowest BCUT2D eigenvalue weighted by Crippen LogP contribution is -2.24. The fourth-order valence-electron chi connectivity index (χ4n) is 1.48. The van der Waals surface area contributed by atoms with E-state index in [1.165, 1.54) is 30.6 Å². The number of para-hydroxylation sites is 2. The van der Waals surface area contributed by atoms with E-state index in [4.69, 9.17) is 5.73 Å². The molecule has 0 saturated carbocycles. The summed E-state index contributed by atoms with van der Waals surface area (Å²) >= 11 is 0. The van der Waals surface area contributed by atoms with Gasteiger partial charge in [-0.1, -0.05) is 12.1 Å². The first kappa shape index (κ1) is 12.9. The van der Waals surface area contributed by atoms with Gasteiger partial charge >= 0.3 is 6.36 Å². The lowest BCUT2D eigenvalue weighted by atomic mass is 10.3. The summed E-state index contributed by atoms with van der Waals surface area (Å²) < 4.78 is 41.6. The van der Waals surface area contributed by atoms with Gasteiger partial charge in [0.2, 0.25) is 0 Å². The van der Waals surface area contributed by atoms with Crippen LogP contribution in [0.2, 0.25) is 0 Å². The number of ether oxygens (including phenoxy) is 1. The molecule has 2 aromatic rings. The van der Waals surface area contributed by atoms with Crippen molar-refractivity contribution in [3.63, 3.8) is 0 Å². The van der Waals surface area contributed by atoms with E-state index < -0.39 is 17.7 Å². The zero-order chi connectivity index (χ0) is 14.0. The monoisotopic (exact) mass is 271 g/mol. The highest BCUT2D eigenvalue weighted by Crippen LogP contribution is 2.27. The van der Waals surface area contributed by atoms with Gasteiger partial charge in [-0.3, -0.25) is 9.36 Å². The highest BCUT2D eigenvalue weighted by molar-refractivity contribution is 5.47. The van der Waals surface area contributed by atoms with Crippen molar-refractivity contribution in [2.75, 3.05) is 5.73 Å². The van der Waals surface area contributed by atoms with Crippen LogP contribution in [0.25, 0.3) is 5.69 Å². The summed E-state index contributed by atoms with van der Waals surface area (Å²) in [5.74, 6) is -0.813. The van der Waals surface area contributed by atoms with E-state index in [0.717, 1.165) is 10.6 Å². The molecule has 0 aliphatic carbocycles. The molecular weight excluding hydrogens is 263 g/mol. The van der Waals surface area contributed by atoms with E-state index in [1.54, 1.807) is 0 Å². The molecule has 0 spiro atoms. The molecule has 2 N–H and O–H groups in total. The van der Waals surface area contributed by atoms with Crippen LogP contribution in [0.15, 0.2) is 41.5 Å². The van der Waals surface area contributed by atoms with E-state index in [0.29, 0.717) is 0 Å². The lowest BCUT2D eigenvalue weighted by molar-refractivity contribution is -0.274. The first-order valence-corrected chi connectivity index (χ1v) is 5.07. The Bertz CT molecular complexity index is 652. The minimum Gasteiger partial charge on any atom is -0.404 e.